The van der Waals surface area contributed by atoms with Crippen LogP contribution in [-0.4, -0.2) is 34.4 Å². The minimum Gasteiger partial charge on any atom is -0.384 e. The Bertz CT molecular complexity index is 809. The van der Waals surface area contributed by atoms with E-state index in [1.165, 1.54) is 0 Å². The minimum absolute atomic E-state index is 0.320. The number of ether oxygens (including phenoxy) is 1. The van der Waals surface area contributed by atoms with Gasteiger partial charge in [-0.15, -0.1) is 0 Å². The number of hydrogen-bond donors (Lipinski definition) is 3. The number of nitrogens with two attached hydrogens (primary N) is 1. The first-order valence-corrected chi connectivity index (χ1v) is 7.84. The molecule has 4 N–H and O–H groups in total. The van der Waals surface area contributed by atoms with Crippen molar-refractivity contribution >= 4 is 22.4 Å². The standard InChI is InChI=1S/C17H19N5O/c18-17-9-16(20-12-2-1-7-23-10-12)13-4-3-11(8-15(13)21-17)14-5-6-19-22-14/h3-6,8-9,12H,1-2,7,10H2,(H,19,22)(H3,18,20,21)/t12-/m1/s1. The summed E-state index contributed by atoms with van der Waals surface area (Å²) in [4.78, 5) is 4.47. The van der Waals surface area contributed by atoms with Crippen molar-refractivity contribution in [3.05, 3.63) is 36.5 Å². The molecule has 1 atom stereocenters. The molecule has 118 valence electrons. The number of aromatic amines is 1. The molecule has 1 saturated heterocycles. The Morgan fingerprint density at radius 2 is 2.22 bits per heavy atom. The van der Waals surface area contributed by atoms with Gasteiger partial charge in [0.2, 0.25) is 0 Å². The molecular formula is C17H19N5O. The molecule has 0 saturated carbocycles. The van der Waals surface area contributed by atoms with Gasteiger partial charge in [-0.2, -0.15) is 5.10 Å². The lowest BCUT2D eigenvalue weighted by Crippen LogP contribution is -2.30. The van der Waals surface area contributed by atoms with Gasteiger partial charge in [-0.1, -0.05) is 12.1 Å². The second-order valence-corrected chi connectivity index (χ2v) is 5.86. The number of nitrogens with zero attached hydrogens (tertiary/aromatic N) is 2. The third-order valence-corrected chi connectivity index (χ3v) is 4.16. The molecule has 0 amide bonds. The summed E-state index contributed by atoms with van der Waals surface area (Å²) in [5.74, 6) is 0.512. The van der Waals surface area contributed by atoms with E-state index in [-0.39, 0.29) is 0 Å². The van der Waals surface area contributed by atoms with Gasteiger partial charge in [0.1, 0.15) is 5.82 Å². The van der Waals surface area contributed by atoms with E-state index < -0.39 is 0 Å². The molecule has 0 unspecified atom stereocenters. The van der Waals surface area contributed by atoms with Crippen LogP contribution in [0.1, 0.15) is 12.8 Å². The maximum atomic E-state index is 6.00. The number of fused-ring (bicyclic) bond motifs is 1. The van der Waals surface area contributed by atoms with Gasteiger partial charge in [0.05, 0.1) is 17.8 Å². The summed E-state index contributed by atoms with van der Waals surface area (Å²) in [6.07, 6.45) is 3.93. The van der Waals surface area contributed by atoms with Gasteiger partial charge >= 0.3 is 0 Å². The molecule has 6 nitrogen and oxygen atoms in total. The smallest absolute Gasteiger partial charge is 0.126 e. The van der Waals surface area contributed by atoms with E-state index in [1.807, 2.05) is 18.2 Å². The number of H-pyrrole nitrogens is 1. The summed E-state index contributed by atoms with van der Waals surface area (Å²) in [6.45, 7) is 1.58. The molecule has 0 spiro atoms. The van der Waals surface area contributed by atoms with Crippen LogP contribution in [0.3, 0.4) is 0 Å². The third kappa shape index (κ3) is 2.85. The highest BCUT2D eigenvalue weighted by atomic mass is 16.5. The number of nitrogens with one attached hydrogen (secondary N) is 2. The highest BCUT2D eigenvalue weighted by molar-refractivity contribution is 5.95. The van der Waals surface area contributed by atoms with Gasteiger partial charge in [0.15, 0.2) is 0 Å². The van der Waals surface area contributed by atoms with E-state index in [0.717, 1.165) is 53.9 Å². The van der Waals surface area contributed by atoms with Crippen LogP contribution >= 0.6 is 0 Å². The third-order valence-electron chi connectivity index (χ3n) is 4.16. The van der Waals surface area contributed by atoms with Crippen molar-refractivity contribution < 1.29 is 4.74 Å². The molecule has 1 fully saturated rings. The second kappa shape index (κ2) is 5.89. The number of rotatable bonds is 3. The molecule has 1 aromatic carbocycles. The summed E-state index contributed by atoms with van der Waals surface area (Å²) < 4.78 is 5.54. The fraction of sp³-hybridized carbons (Fsp3) is 0.294. The summed E-state index contributed by atoms with van der Waals surface area (Å²) in [5.41, 5.74) is 9.89. The lowest BCUT2D eigenvalue weighted by molar-refractivity contribution is 0.0876. The Morgan fingerprint density at radius 3 is 3.00 bits per heavy atom. The van der Waals surface area contributed by atoms with Gasteiger partial charge < -0.3 is 15.8 Å². The minimum atomic E-state index is 0.320. The molecule has 3 heterocycles. The van der Waals surface area contributed by atoms with E-state index >= 15 is 0 Å². The number of nitrogen functional groups attached to an aromatic ring is 1. The van der Waals surface area contributed by atoms with E-state index in [2.05, 4.69) is 32.6 Å². The molecule has 23 heavy (non-hydrogen) atoms. The number of benzene rings is 1. The summed E-state index contributed by atoms with van der Waals surface area (Å²) in [6, 6.07) is 10.3. The lowest BCUT2D eigenvalue weighted by Gasteiger charge is -2.25. The SMILES string of the molecule is Nc1cc(N[C@@H]2CCCOC2)c2ccc(-c3ccn[nH]3)cc2n1. The molecular weight excluding hydrogens is 290 g/mol. The highest BCUT2D eigenvalue weighted by Crippen LogP contribution is 2.29. The zero-order chi connectivity index (χ0) is 15.6. The Hall–Kier alpha value is -2.60. The quantitative estimate of drug-likeness (QED) is 0.692. The molecule has 6 heteroatoms. The van der Waals surface area contributed by atoms with E-state index in [9.17, 15) is 0 Å². The predicted molar refractivity (Wildman–Crippen MR) is 91.2 cm³/mol. The van der Waals surface area contributed by atoms with Crippen molar-refractivity contribution in [1.82, 2.24) is 15.2 Å². The average Bonchev–Trinajstić information content (AvgIpc) is 3.09. The normalized spacial score (nSPS) is 18.2. The van der Waals surface area contributed by atoms with Crippen LogP contribution < -0.4 is 11.1 Å². The maximum Gasteiger partial charge on any atom is 0.126 e. The zero-order valence-corrected chi connectivity index (χ0v) is 12.7. The Morgan fingerprint density at radius 1 is 1.26 bits per heavy atom. The molecule has 2 aromatic heterocycles. The number of anilines is 2. The van der Waals surface area contributed by atoms with Gasteiger partial charge in [0.25, 0.3) is 0 Å². The zero-order valence-electron chi connectivity index (χ0n) is 12.7. The molecule has 0 radical (unpaired) electrons. The Labute approximate surface area is 134 Å². The monoisotopic (exact) mass is 309 g/mol. The molecule has 0 bridgehead atoms. The van der Waals surface area contributed by atoms with Gasteiger partial charge in [-0.05, 0) is 25.0 Å². The van der Waals surface area contributed by atoms with Crippen LogP contribution in [0.2, 0.25) is 0 Å². The molecule has 0 aliphatic carbocycles. The first-order chi connectivity index (χ1) is 11.3. The van der Waals surface area contributed by atoms with E-state index in [0.29, 0.717) is 11.9 Å². The average molecular weight is 309 g/mol. The van der Waals surface area contributed by atoms with Crippen molar-refractivity contribution in [2.75, 3.05) is 24.3 Å². The van der Waals surface area contributed by atoms with Crippen LogP contribution in [0.25, 0.3) is 22.2 Å². The van der Waals surface area contributed by atoms with Gasteiger partial charge in [0, 0.05) is 41.5 Å². The topological polar surface area (TPSA) is 88.9 Å². The fourth-order valence-electron chi connectivity index (χ4n) is 3.03. The summed E-state index contributed by atoms with van der Waals surface area (Å²) in [5, 5.41) is 11.6. The van der Waals surface area contributed by atoms with Crippen LogP contribution in [0, 0.1) is 0 Å². The summed E-state index contributed by atoms with van der Waals surface area (Å²) in [7, 11) is 0. The van der Waals surface area contributed by atoms with E-state index in [4.69, 9.17) is 10.5 Å². The van der Waals surface area contributed by atoms with Crippen molar-refractivity contribution in [2.45, 2.75) is 18.9 Å². The van der Waals surface area contributed by atoms with Crippen molar-refractivity contribution in [2.24, 2.45) is 0 Å². The number of pyridine rings is 1. The number of aromatic nitrogens is 3. The van der Waals surface area contributed by atoms with Crippen LogP contribution in [0.4, 0.5) is 11.5 Å². The van der Waals surface area contributed by atoms with Crippen molar-refractivity contribution in [3.63, 3.8) is 0 Å². The number of hydrogen-bond acceptors (Lipinski definition) is 5. The van der Waals surface area contributed by atoms with Crippen LogP contribution in [0.15, 0.2) is 36.5 Å². The van der Waals surface area contributed by atoms with E-state index in [1.54, 1.807) is 6.20 Å². The highest BCUT2D eigenvalue weighted by Gasteiger charge is 2.15. The largest absolute Gasteiger partial charge is 0.384 e. The molecule has 3 aromatic rings. The van der Waals surface area contributed by atoms with Gasteiger partial charge in [-0.25, -0.2) is 4.98 Å². The second-order valence-electron chi connectivity index (χ2n) is 5.86. The molecule has 4 rings (SSSR count). The predicted octanol–water partition coefficient (Wildman–Crippen LogP) is 2.80. The maximum absolute atomic E-state index is 6.00. The lowest BCUT2D eigenvalue weighted by atomic mass is 10.1. The Balaban J connectivity index is 1.72. The van der Waals surface area contributed by atoms with Crippen LogP contribution in [0.5, 0.6) is 0 Å². The molecule has 1 aliphatic rings. The Kier molecular flexibility index (Phi) is 3.59. The molecule has 1 aliphatic heterocycles. The first-order valence-electron chi connectivity index (χ1n) is 7.84. The van der Waals surface area contributed by atoms with Crippen molar-refractivity contribution in [3.8, 4) is 11.3 Å². The van der Waals surface area contributed by atoms with Crippen LogP contribution in [-0.2, 0) is 4.74 Å². The first kappa shape index (κ1) is 14.0. The van der Waals surface area contributed by atoms with Gasteiger partial charge in [-0.3, -0.25) is 5.10 Å². The van der Waals surface area contributed by atoms with Crippen molar-refractivity contribution in [1.29, 1.82) is 0 Å². The fourth-order valence-corrected chi connectivity index (χ4v) is 3.03. The summed E-state index contributed by atoms with van der Waals surface area (Å²) >= 11 is 0.